The topological polar surface area (TPSA) is 48.0 Å². The van der Waals surface area contributed by atoms with Crippen molar-refractivity contribution in [1.82, 2.24) is 4.90 Å². The van der Waals surface area contributed by atoms with Gasteiger partial charge < -0.3 is 19.1 Å². The van der Waals surface area contributed by atoms with Crippen LogP contribution in [0.3, 0.4) is 0 Å². The number of rotatable bonds is 3. The molecule has 164 valence electrons. The lowest BCUT2D eigenvalue weighted by Gasteiger charge is -2.46. The van der Waals surface area contributed by atoms with E-state index in [1.54, 1.807) is 7.11 Å². The maximum atomic E-state index is 12.8. The second-order valence-electron chi connectivity index (χ2n) is 9.53. The summed E-state index contributed by atoms with van der Waals surface area (Å²) in [7, 11) is 3.89. The van der Waals surface area contributed by atoms with Gasteiger partial charge in [-0.1, -0.05) is 30.7 Å². The highest BCUT2D eigenvalue weighted by molar-refractivity contribution is 5.89. The lowest BCUT2D eigenvalue weighted by molar-refractivity contribution is -0.0378. The second-order valence-corrected chi connectivity index (χ2v) is 9.53. The molecule has 1 saturated carbocycles. The molecule has 2 heterocycles. The Kier molecular flexibility index (Phi) is 4.97. The number of hydrogen-bond donors (Lipinski definition) is 0. The number of ether oxygens (including phenoxy) is 3. The first kappa shape index (κ1) is 20.4. The molecule has 0 bridgehead atoms. The minimum absolute atomic E-state index is 0.0110. The Morgan fingerprint density at radius 1 is 1.23 bits per heavy atom. The van der Waals surface area contributed by atoms with Crippen LogP contribution < -0.4 is 9.47 Å². The molecule has 5 nitrogen and oxygen atoms in total. The lowest BCUT2D eigenvalue weighted by atomic mass is 9.59. The van der Waals surface area contributed by atoms with Gasteiger partial charge in [-0.05, 0) is 63.0 Å². The van der Waals surface area contributed by atoms with E-state index in [2.05, 4.69) is 24.9 Å². The van der Waals surface area contributed by atoms with Crippen molar-refractivity contribution in [2.24, 2.45) is 5.92 Å². The third-order valence-electron chi connectivity index (χ3n) is 7.58. The summed E-state index contributed by atoms with van der Waals surface area (Å²) in [5.41, 5.74) is 4.28. The van der Waals surface area contributed by atoms with Gasteiger partial charge in [-0.15, -0.1) is 0 Å². The summed E-state index contributed by atoms with van der Waals surface area (Å²) in [6.45, 7) is 6.23. The molecule has 3 aliphatic rings. The third-order valence-corrected chi connectivity index (χ3v) is 7.58. The van der Waals surface area contributed by atoms with Crippen molar-refractivity contribution in [2.45, 2.75) is 57.3 Å². The van der Waals surface area contributed by atoms with E-state index in [1.165, 1.54) is 11.1 Å². The Bertz CT molecular complexity index is 1020. The standard InChI is InChI=1S/C26H31NO4/c1-16-6-5-7-18(12-16)25(28)30-20-13-17(2)26-10-11-27(3)15-19-8-9-21(29-4)24(23(19)26)31-22(26)14-20/h5-9,12,17,20,22H,10-11,13-15H2,1-4H3/t17?,20-,22?,26+/m0/s1. The fourth-order valence-electron chi connectivity index (χ4n) is 6.06. The molecule has 2 aliphatic heterocycles. The number of aryl methyl sites for hydroxylation is 1. The Morgan fingerprint density at radius 3 is 2.84 bits per heavy atom. The summed E-state index contributed by atoms with van der Waals surface area (Å²) in [5.74, 6) is 1.79. The van der Waals surface area contributed by atoms with Gasteiger partial charge in [-0.25, -0.2) is 4.79 Å². The summed E-state index contributed by atoms with van der Waals surface area (Å²) < 4.78 is 18.3. The predicted molar refractivity (Wildman–Crippen MR) is 119 cm³/mol. The molecular formula is C26H31NO4. The average Bonchev–Trinajstić information content (AvgIpc) is 3.00. The van der Waals surface area contributed by atoms with Crippen LogP contribution in [0.5, 0.6) is 11.5 Å². The first-order valence-corrected chi connectivity index (χ1v) is 11.3. The van der Waals surface area contributed by atoms with Gasteiger partial charge in [-0.3, -0.25) is 0 Å². The molecule has 1 spiro atoms. The number of methoxy groups -OCH3 is 1. The van der Waals surface area contributed by atoms with E-state index in [9.17, 15) is 4.79 Å². The molecule has 2 unspecified atom stereocenters. The van der Waals surface area contributed by atoms with E-state index in [0.29, 0.717) is 17.9 Å². The molecule has 0 N–H and O–H groups in total. The average molecular weight is 422 g/mol. The molecular weight excluding hydrogens is 390 g/mol. The lowest BCUT2D eigenvalue weighted by Crippen LogP contribution is -2.52. The van der Waals surface area contributed by atoms with Gasteiger partial charge in [0.15, 0.2) is 11.5 Å². The van der Waals surface area contributed by atoms with E-state index in [-0.39, 0.29) is 23.6 Å². The van der Waals surface area contributed by atoms with Crippen molar-refractivity contribution in [2.75, 3.05) is 20.7 Å². The van der Waals surface area contributed by atoms with Crippen molar-refractivity contribution >= 4 is 5.97 Å². The Balaban J connectivity index is 1.46. The van der Waals surface area contributed by atoms with Crippen molar-refractivity contribution in [3.05, 3.63) is 58.7 Å². The van der Waals surface area contributed by atoms with Crippen LogP contribution in [0.15, 0.2) is 36.4 Å². The predicted octanol–water partition coefficient (Wildman–Crippen LogP) is 4.49. The molecule has 2 aromatic rings. The van der Waals surface area contributed by atoms with Gasteiger partial charge in [0.1, 0.15) is 12.2 Å². The number of benzene rings is 2. The molecule has 31 heavy (non-hydrogen) atoms. The number of esters is 1. The monoisotopic (exact) mass is 421 g/mol. The maximum absolute atomic E-state index is 12.8. The van der Waals surface area contributed by atoms with Gasteiger partial charge in [0.05, 0.1) is 12.7 Å². The van der Waals surface area contributed by atoms with Gasteiger partial charge in [0.2, 0.25) is 0 Å². The van der Waals surface area contributed by atoms with Gasteiger partial charge in [0, 0.05) is 23.9 Å². The van der Waals surface area contributed by atoms with Crippen LogP contribution in [-0.2, 0) is 16.7 Å². The highest BCUT2D eigenvalue weighted by Crippen LogP contribution is 2.59. The van der Waals surface area contributed by atoms with Crippen LogP contribution in [0.25, 0.3) is 0 Å². The zero-order valence-corrected chi connectivity index (χ0v) is 18.8. The van der Waals surface area contributed by atoms with Crippen LogP contribution in [0.2, 0.25) is 0 Å². The first-order valence-electron chi connectivity index (χ1n) is 11.3. The molecule has 2 aromatic carbocycles. The first-order chi connectivity index (χ1) is 14.9. The van der Waals surface area contributed by atoms with Crippen LogP contribution in [0.1, 0.15) is 53.2 Å². The number of nitrogens with zero attached hydrogens (tertiary/aromatic N) is 1. The van der Waals surface area contributed by atoms with Crippen molar-refractivity contribution in [3.8, 4) is 11.5 Å². The van der Waals surface area contributed by atoms with E-state index in [4.69, 9.17) is 14.2 Å². The van der Waals surface area contributed by atoms with Gasteiger partial charge in [-0.2, -0.15) is 0 Å². The maximum Gasteiger partial charge on any atom is 0.338 e. The van der Waals surface area contributed by atoms with Crippen molar-refractivity contribution in [3.63, 3.8) is 0 Å². The quantitative estimate of drug-likeness (QED) is 0.684. The molecule has 4 atom stereocenters. The van der Waals surface area contributed by atoms with E-state index >= 15 is 0 Å². The minimum Gasteiger partial charge on any atom is -0.493 e. The van der Waals surface area contributed by atoms with Crippen LogP contribution >= 0.6 is 0 Å². The highest BCUT2D eigenvalue weighted by atomic mass is 16.6. The molecule has 1 aliphatic carbocycles. The van der Waals surface area contributed by atoms with E-state index in [0.717, 1.165) is 43.0 Å². The van der Waals surface area contributed by atoms with Crippen LogP contribution in [0.4, 0.5) is 0 Å². The summed E-state index contributed by atoms with van der Waals surface area (Å²) >= 11 is 0. The molecule has 0 radical (unpaired) electrons. The largest absolute Gasteiger partial charge is 0.493 e. The van der Waals surface area contributed by atoms with Crippen molar-refractivity contribution < 1.29 is 19.0 Å². The molecule has 0 amide bonds. The fraction of sp³-hybridized carbons (Fsp3) is 0.500. The Labute approximate surface area is 184 Å². The zero-order valence-electron chi connectivity index (χ0n) is 18.8. The van der Waals surface area contributed by atoms with Gasteiger partial charge in [0.25, 0.3) is 0 Å². The highest BCUT2D eigenvalue weighted by Gasteiger charge is 2.58. The molecule has 0 aromatic heterocycles. The minimum atomic E-state index is -0.244. The summed E-state index contributed by atoms with van der Waals surface area (Å²) in [6, 6.07) is 11.8. The third kappa shape index (κ3) is 3.21. The van der Waals surface area contributed by atoms with Crippen molar-refractivity contribution in [1.29, 1.82) is 0 Å². The molecule has 1 fully saturated rings. The summed E-state index contributed by atoms with van der Waals surface area (Å²) in [6.07, 6.45) is 2.44. The Hall–Kier alpha value is -2.53. The SMILES string of the molecule is COc1ccc2c3c1OC1C[C@@H](OC(=O)c4cccc(C)c4)CC(C)[C@@]31CCN(C)C2. The number of hydrogen-bond acceptors (Lipinski definition) is 5. The molecule has 5 heteroatoms. The normalized spacial score (nSPS) is 29.4. The number of carbonyl (C=O) groups excluding carboxylic acids is 1. The number of carbonyl (C=O) groups is 1. The summed E-state index contributed by atoms with van der Waals surface area (Å²) in [4.78, 5) is 15.2. The smallest absolute Gasteiger partial charge is 0.338 e. The van der Waals surface area contributed by atoms with E-state index in [1.807, 2.05) is 37.3 Å². The van der Waals surface area contributed by atoms with Crippen LogP contribution in [-0.4, -0.2) is 43.8 Å². The second kappa shape index (κ2) is 7.56. The van der Waals surface area contributed by atoms with Gasteiger partial charge >= 0.3 is 5.97 Å². The fourth-order valence-corrected chi connectivity index (χ4v) is 6.06. The summed E-state index contributed by atoms with van der Waals surface area (Å²) in [5, 5.41) is 0. The Morgan fingerprint density at radius 2 is 2.06 bits per heavy atom. The molecule has 5 rings (SSSR count). The van der Waals surface area contributed by atoms with E-state index < -0.39 is 0 Å². The zero-order chi connectivity index (χ0) is 21.8. The molecule has 0 saturated heterocycles. The van der Waals surface area contributed by atoms with Crippen LogP contribution in [0, 0.1) is 12.8 Å².